The molecule has 21 heavy (non-hydrogen) atoms. The van der Waals surface area contributed by atoms with Gasteiger partial charge in [-0.2, -0.15) is 0 Å². The second-order valence-electron chi connectivity index (χ2n) is 6.22. The fourth-order valence-electron chi connectivity index (χ4n) is 2.96. The summed E-state index contributed by atoms with van der Waals surface area (Å²) < 4.78 is 13.6. The van der Waals surface area contributed by atoms with Crippen LogP contribution >= 0.6 is 0 Å². The van der Waals surface area contributed by atoms with Crippen molar-refractivity contribution in [3.8, 4) is 0 Å². The fraction of sp³-hybridized carbons (Fsp3) is 0.588. The molecule has 1 aromatic carbocycles. The highest BCUT2D eigenvalue weighted by atomic mass is 19.1. The van der Waals surface area contributed by atoms with Crippen molar-refractivity contribution in [1.29, 1.82) is 0 Å². The second kappa shape index (κ2) is 7.55. The number of hydrogen-bond acceptors (Lipinski definition) is 2. The quantitative estimate of drug-likeness (QED) is 0.874. The third kappa shape index (κ3) is 4.53. The van der Waals surface area contributed by atoms with Crippen LogP contribution in [-0.2, 0) is 0 Å². The molecule has 4 heteroatoms. The number of nitrogens with zero attached hydrogens (tertiary/aromatic N) is 1. The van der Waals surface area contributed by atoms with Gasteiger partial charge in [0.1, 0.15) is 5.82 Å². The van der Waals surface area contributed by atoms with E-state index in [9.17, 15) is 9.18 Å². The molecule has 1 aromatic rings. The van der Waals surface area contributed by atoms with Crippen LogP contribution in [0.4, 0.5) is 4.39 Å². The van der Waals surface area contributed by atoms with E-state index in [1.165, 1.54) is 25.0 Å². The van der Waals surface area contributed by atoms with Crippen molar-refractivity contribution < 1.29 is 9.18 Å². The molecule has 1 heterocycles. The van der Waals surface area contributed by atoms with Gasteiger partial charge in [0.15, 0.2) is 0 Å². The Hall–Kier alpha value is -1.42. The molecule has 0 aromatic heterocycles. The van der Waals surface area contributed by atoms with E-state index < -0.39 is 5.82 Å². The standard InChI is InChI=1S/C17H25FN2O/c1-13(2)11-14(20-9-5-6-10-20)12-19-17(21)15-7-3-4-8-16(15)18/h3-4,7-8,13-14H,5-6,9-12H2,1-2H3,(H,19,21). The highest BCUT2D eigenvalue weighted by molar-refractivity contribution is 5.94. The van der Waals surface area contributed by atoms with Crippen molar-refractivity contribution in [3.63, 3.8) is 0 Å². The topological polar surface area (TPSA) is 32.3 Å². The highest BCUT2D eigenvalue weighted by Crippen LogP contribution is 2.17. The largest absolute Gasteiger partial charge is 0.350 e. The summed E-state index contributed by atoms with van der Waals surface area (Å²) in [5, 5.41) is 2.90. The summed E-state index contributed by atoms with van der Waals surface area (Å²) in [4.78, 5) is 14.5. The first-order chi connectivity index (χ1) is 10.1. The monoisotopic (exact) mass is 292 g/mol. The Morgan fingerprint density at radius 3 is 2.57 bits per heavy atom. The van der Waals surface area contributed by atoms with E-state index in [4.69, 9.17) is 0 Å². The normalized spacial score (nSPS) is 17.1. The molecule has 0 spiro atoms. The van der Waals surface area contributed by atoms with Gasteiger partial charge in [-0.15, -0.1) is 0 Å². The number of hydrogen-bond donors (Lipinski definition) is 1. The lowest BCUT2D eigenvalue weighted by atomic mass is 10.0. The van der Waals surface area contributed by atoms with Crippen LogP contribution in [0.1, 0.15) is 43.5 Å². The number of likely N-dealkylation sites (tertiary alicyclic amines) is 1. The van der Waals surface area contributed by atoms with Gasteiger partial charge < -0.3 is 5.32 Å². The Labute approximate surface area is 126 Å². The first-order valence-corrected chi connectivity index (χ1v) is 7.84. The Bertz CT molecular complexity index is 470. The Balaban J connectivity index is 1.94. The number of carbonyl (C=O) groups is 1. The van der Waals surface area contributed by atoms with E-state index in [2.05, 4.69) is 24.1 Å². The summed E-state index contributed by atoms with van der Waals surface area (Å²) in [6, 6.07) is 6.48. The van der Waals surface area contributed by atoms with Crippen molar-refractivity contribution >= 4 is 5.91 Å². The summed E-state index contributed by atoms with van der Waals surface area (Å²) in [7, 11) is 0. The molecular formula is C17H25FN2O. The van der Waals surface area contributed by atoms with Crippen molar-refractivity contribution in [3.05, 3.63) is 35.6 Å². The summed E-state index contributed by atoms with van der Waals surface area (Å²) in [6.45, 7) is 7.19. The van der Waals surface area contributed by atoms with Gasteiger partial charge in [0.05, 0.1) is 5.56 Å². The fourth-order valence-corrected chi connectivity index (χ4v) is 2.96. The molecule has 2 rings (SSSR count). The lowest BCUT2D eigenvalue weighted by Crippen LogP contribution is -2.43. The highest BCUT2D eigenvalue weighted by Gasteiger charge is 2.23. The van der Waals surface area contributed by atoms with Crippen molar-refractivity contribution in [2.24, 2.45) is 5.92 Å². The molecular weight excluding hydrogens is 267 g/mol. The van der Waals surface area contributed by atoms with E-state index in [-0.39, 0.29) is 11.5 Å². The average Bonchev–Trinajstić information content (AvgIpc) is 2.97. The molecule has 1 aliphatic rings. The van der Waals surface area contributed by atoms with E-state index in [0.717, 1.165) is 19.5 Å². The predicted octanol–water partition coefficient (Wildman–Crippen LogP) is 3.07. The number of amides is 1. The van der Waals surface area contributed by atoms with Gasteiger partial charge >= 0.3 is 0 Å². The molecule has 0 radical (unpaired) electrons. The molecule has 1 fully saturated rings. The maximum atomic E-state index is 13.6. The number of halogens is 1. The van der Waals surface area contributed by atoms with Crippen LogP contribution in [0, 0.1) is 11.7 Å². The first kappa shape index (κ1) is 16.0. The van der Waals surface area contributed by atoms with Crippen LogP contribution in [0.5, 0.6) is 0 Å². The molecule has 1 saturated heterocycles. The van der Waals surface area contributed by atoms with E-state index in [0.29, 0.717) is 18.5 Å². The average molecular weight is 292 g/mol. The van der Waals surface area contributed by atoms with Gasteiger partial charge in [-0.25, -0.2) is 4.39 Å². The molecule has 1 aliphatic heterocycles. The van der Waals surface area contributed by atoms with Crippen LogP contribution < -0.4 is 5.32 Å². The molecule has 1 N–H and O–H groups in total. The van der Waals surface area contributed by atoms with Crippen molar-refractivity contribution in [2.75, 3.05) is 19.6 Å². The minimum absolute atomic E-state index is 0.127. The molecule has 0 bridgehead atoms. The first-order valence-electron chi connectivity index (χ1n) is 7.84. The molecule has 116 valence electrons. The van der Waals surface area contributed by atoms with E-state index >= 15 is 0 Å². The van der Waals surface area contributed by atoms with Crippen LogP contribution in [-0.4, -0.2) is 36.5 Å². The van der Waals surface area contributed by atoms with E-state index in [1.54, 1.807) is 12.1 Å². The molecule has 1 unspecified atom stereocenters. The molecule has 1 atom stereocenters. The third-order valence-electron chi connectivity index (χ3n) is 4.02. The molecule has 0 aliphatic carbocycles. The van der Waals surface area contributed by atoms with Crippen LogP contribution in [0.25, 0.3) is 0 Å². The lowest BCUT2D eigenvalue weighted by Gasteiger charge is -2.29. The van der Waals surface area contributed by atoms with Gasteiger partial charge in [-0.05, 0) is 50.4 Å². The van der Waals surface area contributed by atoms with Gasteiger partial charge in [0.25, 0.3) is 5.91 Å². The number of benzene rings is 1. The number of carbonyl (C=O) groups excluding carboxylic acids is 1. The minimum atomic E-state index is -0.461. The van der Waals surface area contributed by atoms with Crippen molar-refractivity contribution in [2.45, 2.75) is 39.2 Å². The van der Waals surface area contributed by atoms with Crippen LogP contribution in [0.2, 0.25) is 0 Å². The zero-order valence-corrected chi connectivity index (χ0v) is 12.9. The predicted molar refractivity (Wildman–Crippen MR) is 82.8 cm³/mol. The van der Waals surface area contributed by atoms with Gasteiger partial charge in [0, 0.05) is 12.6 Å². The molecule has 1 amide bonds. The van der Waals surface area contributed by atoms with Gasteiger partial charge in [-0.1, -0.05) is 26.0 Å². The Kier molecular flexibility index (Phi) is 5.74. The minimum Gasteiger partial charge on any atom is -0.350 e. The Morgan fingerprint density at radius 2 is 1.95 bits per heavy atom. The SMILES string of the molecule is CC(C)CC(CNC(=O)c1ccccc1F)N1CCCC1. The third-order valence-corrected chi connectivity index (χ3v) is 4.02. The number of nitrogens with one attached hydrogen (secondary N) is 1. The van der Waals surface area contributed by atoms with Gasteiger partial charge in [-0.3, -0.25) is 9.69 Å². The summed E-state index contributed by atoms with van der Waals surface area (Å²) >= 11 is 0. The maximum Gasteiger partial charge on any atom is 0.254 e. The number of rotatable bonds is 6. The molecule has 0 saturated carbocycles. The Morgan fingerprint density at radius 1 is 1.29 bits per heavy atom. The van der Waals surface area contributed by atoms with Crippen LogP contribution in [0.15, 0.2) is 24.3 Å². The van der Waals surface area contributed by atoms with E-state index in [1.807, 2.05) is 0 Å². The lowest BCUT2D eigenvalue weighted by molar-refractivity contribution is 0.0929. The zero-order chi connectivity index (χ0) is 15.2. The summed E-state index contributed by atoms with van der Waals surface area (Å²) in [6.07, 6.45) is 3.52. The second-order valence-corrected chi connectivity index (χ2v) is 6.22. The van der Waals surface area contributed by atoms with Crippen molar-refractivity contribution in [1.82, 2.24) is 10.2 Å². The molecule has 3 nitrogen and oxygen atoms in total. The maximum absolute atomic E-state index is 13.6. The van der Waals surface area contributed by atoms with Gasteiger partial charge in [0.2, 0.25) is 0 Å². The summed E-state index contributed by atoms with van der Waals surface area (Å²) in [5.74, 6) is -0.196. The zero-order valence-electron chi connectivity index (χ0n) is 12.9. The van der Waals surface area contributed by atoms with Crippen LogP contribution in [0.3, 0.4) is 0 Å². The summed E-state index contributed by atoms with van der Waals surface area (Å²) in [5.41, 5.74) is 0.127. The smallest absolute Gasteiger partial charge is 0.254 e.